The van der Waals surface area contributed by atoms with Crippen LogP contribution < -0.4 is 10.2 Å². The minimum Gasteiger partial charge on any atom is -0.550 e. The third kappa shape index (κ3) is 37.2. The van der Waals surface area contributed by atoms with E-state index < -0.39 is 11.9 Å². The standard InChI is InChI=1S/C18H36O2.C8H12N2O2.C7H6O3.Cu/c1-2-3-4-5-6-7-8-9-10-11-12-13-14-15-16-17-18(19)20;11-7-9-5-3-1-2-4-6-10-8-12;8-6-4-2-1-3-5(6)7(9)10;/h2-17H2,1H3,(H,19,20);1-6H2;1-4,8H,(H,9,10);/q;;;+2/p-2. The summed E-state index contributed by atoms with van der Waals surface area (Å²) in [5.41, 5.74) is -0.178. The number of aliphatic carboxylic acids is 1. The molecule has 0 aliphatic rings. The number of aliphatic imine (C=N–C) groups is 2. The smallest absolute Gasteiger partial charge is 0.550 e. The maximum Gasteiger partial charge on any atom is 2.00 e. The van der Waals surface area contributed by atoms with Crippen molar-refractivity contribution in [1.29, 1.82) is 0 Å². The van der Waals surface area contributed by atoms with Gasteiger partial charge in [-0.2, -0.15) is 0 Å². The van der Waals surface area contributed by atoms with E-state index in [1.165, 1.54) is 114 Å². The van der Waals surface area contributed by atoms with Crippen LogP contribution >= 0.6 is 0 Å². The first kappa shape index (κ1) is 44.7. The maximum atomic E-state index is 10.2. The van der Waals surface area contributed by atoms with Crippen LogP contribution in [0.5, 0.6) is 5.75 Å². The first-order chi connectivity index (χ1) is 20.4. The monoisotopic (exact) mass is 651 g/mol. The Kier molecular flexibility index (Phi) is 38.7. The topological polar surface area (TPSA) is 159 Å². The summed E-state index contributed by atoms with van der Waals surface area (Å²) in [6.07, 6.45) is 26.7. The summed E-state index contributed by atoms with van der Waals surface area (Å²) in [6, 6.07) is 5.64. The van der Waals surface area contributed by atoms with Gasteiger partial charge in [0, 0.05) is 11.5 Å². The average molecular weight is 652 g/mol. The fourth-order valence-corrected chi connectivity index (χ4v) is 4.11. The Hall–Kier alpha value is -2.76. The maximum absolute atomic E-state index is 10.2. The predicted octanol–water partition coefficient (Wildman–Crippen LogP) is 5.97. The van der Waals surface area contributed by atoms with Gasteiger partial charge in [0.2, 0.25) is 12.2 Å². The number of hydrogen-bond acceptors (Lipinski definition) is 9. The van der Waals surface area contributed by atoms with Crippen LogP contribution in [0.15, 0.2) is 34.3 Å². The number of benzene rings is 1. The van der Waals surface area contributed by atoms with Gasteiger partial charge in [-0.25, -0.2) is 19.6 Å². The van der Waals surface area contributed by atoms with Crippen molar-refractivity contribution in [3.63, 3.8) is 0 Å². The Balaban J connectivity index is -0.000000594. The molecule has 1 aromatic carbocycles. The molecule has 1 aromatic rings. The zero-order valence-corrected chi connectivity index (χ0v) is 26.9. The van der Waals surface area contributed by atoms with Crippen molar-refractivity contribution in [2.75, 3.05) is 13.1 Å². The number of unbranched alkanes of at least 4 members (excludes halogenated alkanes) is 17. The van der Waals surface area contributed by atoms with Crippen LogP contribution in [0.1, 0.15) is 146 Å². The molecule has 0 amide bonds. The van der Waals surface area contributed by atoms with Crippen LogP contribution in [0.4, 0.5) is 0 Å². The molecule has 0 fully saturated rings. The molecule has 0 saturated heterocycles. The average Bonchev–Trinajstić information content (AvgIpc) is 2.97. The molecule has 0 atom stereocenters. The van der Waals surface area contributed by atoms with E-state index >= 15 is 0 Å². The van der Waals surface area contributed by atoms with Crippen LogP contribution in [0, 0.1) is 0 Å². The van der Waals surface area contributed by atoms with E-state index in [-0.39, 0.29) is 34.8 Å². The molecule has 0 saturated carbocycles. The number of rotatable bonds is 24. The minimum absolute atomic E-state index is 0. The SMILES string of the molecule is CCCCCCCCCCCCCCCCCC(=O)[O-].O=C([O-])c1ccccc1O.O=C=NCCCCCCN=C=O.[Cu+2]. The first-order valence-electron chi connectivity index (χ1n) is 15.7. The van der Waals surface area contributed by atoms with Gasteiger partial charge in [0.25, 0.3) is 0 Å². The van der Waals surface area contributed by atoms with Gasteiger partial charge in [0.1, 0.15) is 5.75 Å². The third-order valence-corrected chi connectivity index (χ3v) is 6.53. The molecule has 1 N–H and O–H groups in total. The predicted molar refractivity (Wildman–Crippen MR) is 161 cm³/mol. The van der Waals surface area contributed by atoms with Crippen molar-refractivity contribution in [2.45, 2.75) is 135 Å². The van der Waals surface area contributed by atoms with E-state index in [1.807, 2.05) is 0 Å². The molecule has 43 heavy (non-hydrogen) atoms. The van der Waals surface area contributed by atoms with E-state index in [9.17, 15) is 29.4 Å². The van der Waals surface area contributed by atoms with Gasteiger partial charge < -0.3 is 24.9 Å². The van der Waals surface area contributed by atoms with Crippen LogP contribution in [0.3, 0.4) is 0 Å². The van der Waals surface area contributed by atoms with Crippen LogP contribution in [0.25, 0.3) is 0 Å². The summed E-state index contributed by atoms with van der Waals surface area (Å²) in [4.78, 5) is 46.5. The second-order valence-electron chi connectivity index (χ2n) is 10.2. The number of nitrogens with zero attached hydrogens (tertiary/aromatic N) is 2. The Morgan fingerprint density at radius 2 is 1.02 bits per heavy atom. The van der Waals surface area contributed by atoms with Crippen LogP contribution in [0.2, 0.25) is 0 Å². The summed E-state index contributed by atoms with van der Waals surface area (Å²) in [5.74, 6) is -2.53. The van der Waals surface area contributed by atoms with Crippen molar-refractivity contribution in [3.05, 3.63) is 29.8 Å². The molecule has 0 heterocycles. The first-order valence-corrected chi connectivity index (χ1v) is 15.7. The Labute approximate surface area is 269 Å². The summed E-state index contributed by atoms with van der Waals surface area (Å²) in [7, 11) is 0. The number of aromatic carboxylic acids is 1. The number of aromatic hydroxyl groups is 1. The Morgan fingerprint density at radius 1 is 0.651 bits per heavy atom. The van der Waals surface area contributed by atoms with E-state index in [2.05, 4.69) is 16.9 Å². The molecule has 1 rings (SSSR count). The Morgan fingerprint density at radius 3 is 1.35 bits per heavy atom. The second kappa shape index (κ2) is 37.3. The fourth-order valence-electron chi connectivity index (χ4n) is 4.11. The minimum atomic E-state index is -1.36. The van der Waals surface area contributed by atoms with Crippen molar-refractivity contribution in [3.8, 4) is 5.75 Å². The number of hydrogen-bond donors (Lipinski definition) is 1. The van der Waals surface area contributed by atoms with E-state index in [0.717, 1.165) is 38.5 Å². The summed E-state index contributed by atoms with van der Waals surface area (Å²) < 4.78 is 0. The molecule has 247 valence electrons. The molecule has 0 aromatic heterocycles. The molecule has 0 spiro atoms. The van der Waals surface area contributed by atoms with Gasteiger partial charge in [0.05, 0.1) is 19.1 Å². The number of phenols is 1. The number of para-hydroxylation sites is 1. The molecule has 0 aliphatic heterocycles. The normalized spacial score (nSPS) is 9.51. The number of carboxylic acids is 2. The molecule has 0 aliphatic carbocycles. The zero-order valence-electron chi connectivity index (χ0n) is 26.0. The summed E-state index contributed by atoms with van der Waals surface area (Å²) in [5, 5.41) is 29.2. The van der Waals surface area contributed by atoms with Gasteiger partial charge in [-0.15, -0.1) is 0 Å². The van der Waals surface area contributed by atoms with Crippen molar-refractivity contribution < 1.29 is 51.6 Å². The fraction of sp³-hybridized carbons (Fsp3) is 0.697. The molecular formula is C33H52CuN2O7. The van der Waals surface area contributed by atoms with E-state index in [4.69, 9.17) is 5.11 Å². The number of isocyanates is 2. The number of carboxylic acid groups (broad SMARTS) is 2. The summed E-state index contributed by atoms with van der Waals surface area (Å²) in [6.45, 7) is 3.38. The quantitative estimate of drug-likeness (QED) is 0.0624. The number of carbonyl (C=O) groups is 2. The van der Waals surface area contributed by atoms with Gasteiger partial charge in [-0.05, 0) is 37.8 Å². The third-order valence-electron chi connectivity index (χ3n) is 6.53. The van der Waals surface area contributed by atoms with Gasteiger partial charge >= 0.3 is 17.1 Å². The molecule has 0 unspecified atom stereocenters. The molecule has 1 radical (unpaired) electrons. The second-order valence-corrected chi connectivity index (χ2v) is 10.2. The summed E-state index contributed by atoms with van der Waals surface area (Å²) >= 11 is 0. The van der Waals surface area contributed by atoms with Crippen LogP contribution in [-0.4, -0.2) is 42.3 Å². The number of carbonyl (C=O) groups excluding carboxylic acids is 4. The molecular weight excluding hydrogens is 600 g/mol. The van der Waals surface area contributed by atoms with Crippen molar-refractivity contribution in [2.24, 2.45) is 9.98 Å². The van der Waals surface area contributed by atoms with Gasteiger partial charge in [-0.1, -0.05) is 122 Å². The largest absolute Gasteiger partial charge is 2.00 e. The van der Waals surface area contributed by atoms with Gasteiger partial charge in [0.15, 0.2) is 0 Å². The van der Waals surface area contributed by atoms with Crippen molar-refractivity contribution >= 4 is 24.1 Å². The van der Waals surface area contributed by atoms with Gasteiger partial charge in [-0.3, -0.25) is 0 Å². The van der Waals surface area contributed by atoms with Crippen LogP contribution in [-0.2, 0) is 31.5 Å². The Bertz CT molecular complexity index is 864. The van der Waals surface area contributed by atoms with Crippen molar-refractivity contribution in [1.82, 2.24) is 0 Å². The van der Waals surface area contributed by atoms with E-state index in [1.54, 1.807) is 6.07 Å². The van der Waals surface area contributed by atoms with E-state index in [0.29, 0.717) is 13.1 Å². The molecule has 10 heteroatoms. The molecule has 0 bridgehead atoms. The zero-order chi connectivity index (χ0) is 31.5. The molecule has 9 nitrogen and oxygen atoms in total.